The van der Waals surface area contributed by atoms with Gasteiger partial charge in [0, 0.05) is 11.1 Å². The van der Waals surface area contributed by atoms with Crippen molar-refractivity contribution >= 4 is 22.7 Å². The lowest BCUT2D eigenvalue weighted by molar-refractivity contribution is 0.619. The van der Waals surface area contributed by atoms with E-state index in [0.717, 1.165) is 17.0 Å². The van der Waals surface area contributed by atoms with Crippen molar-refractivity contribution < 1.29 is 4.39 Å². The molecule has 6 heteroatoms. The van der Waals surface area contributed by atoms with E-state index in [1.54, 1.807) is 18.4 Å². The van der Waals surface area contributed by atoms with Gasteiger partial charge in [-0.15, -0.1) is 0 Å². The number of nitrogen functional groups attached to an aromatic ring is 1. The smallest absolute Gasteiger partial charge is 0.304 e. The summed E-state index contributed by atoms with van der Waals surface area (Å²) in [5.74, 6) is -0.322. The molecule has 0 bridgehead atoms. The van der Waals surface area contributed by atoms with Gasteiger partial charge in [-0.1, -0.05) is 11.3 Å². The first kappa shape index (κ1) is 11.7. The second kappa shape index (κ2) is 4.58. The summed E-state index contributed by atoms with van der Waals surface area (Å²) >= 11 is 1.11. The van der Waals surface area contributed by atoms with E-state index in [-0.39, 0.29) is 10.7 Å². The molecule has 1 heterocycles. The number of halogens is 1. The van der Waals surface area contributed by atoms with Crippen LogP contribution in [-0.4, -0.2) is 4.98 Å². The Morgan fingerprint density at radius 2 is 2.29 bits per heavy atom. The van der Waals surface area contributed by atoms with E-state index in [0.29, 0.717) is 23.5 Å². The molecule has 0 unspecified atom stereocenters. The molecule has 0 saturated carbocycles. The number of benzene rings is 1. The van der Waals surface area contributed by atoms with Crippen LogP contribution < -0.4 is 15.9 Å². The SMILES string of the molecule is Cc1cc(NCc2csc(=O)[nH]2)c(N)cc1F. The Morgan fingerprint density at radius 1 is 1.53 bits per heavy atom. The molecule has 4 N–H and O–H groups in total. The minimum atomic E-state index is -0.322. The molecule has 0 atom stereocenters. The van der Waals surface area contributed by atoms with Gasteiger partial charge in [-0.3, -0.25) is 4.79 Å². The fraction of sp³-hybridized carbons (Fsp3) is 0.182. The van der Waals surface area contributed by atoms with Gasteiger partial charge in [0.15, 0.2) is 0 Å². The van der Waals surface area contributed by atoms with Crippen LogP contribution in [0.5, 0.6) is 0 Å². The molecule has 0 radical (unpaired) electrons. The minimum absolute atomic E-state index is 0.0925. The van der Waals surface area contributed by atoms with Gasteiger partial charge < -0.3 is 16.0 Å². The molecular weight excluding hydrogens is 241 g/mol. The Morgan fingerprint density at radius 3 is 2.94 bits per heavy atom. The molecule has 17 heavy (non-hydrogen) atoms. The summed E-state index contributed by atoms with van der Waals surface area (Å²) in [6, 6.07) is 2.93. The second-order valence-corrected chi connectivity index (χ2v) is 4.56. The first-order valence-corrected chi connectivity index (χ1v) is 5.90. The molecule has 2 rings (SSSR count). The standard InChI is InChI=1S/C11H12FN3OS/c1-6-2-10(9(13)3-8(6)12)14-4-7-5-17-11(16)15-7/h2-3,5,14H,4,13H2,1H3,(H,15,16). The highest BCUT2D eigenvalue weighted by atomic mass is 32.1. The fourth-order valence-electron chi connectivity index (χ4n) is 1.44. The Labute approximate surface area is 101 Å². The van der Waals surface area contributed by atoms with E-state index in [1.807, 2.05) is 0 Å². The third kappa shape index (κ3) is 2.65. The van der Waals surface area contributed by atoms with Crippen LogP contribution in [0, 0.1) is 12.7 Å². The lowest BCUT2D eigenvalue weighted by Gasteiger charge is -2.09. The van der Waals surface area contributed by atoms with Gasteiger partial charge in [0.25, 0.3) is 0 Å². The zero-order chi connectivity index (χ0) is 12.4. The zero-order valence-corrected chi connectivity index (χ0v) is 10.0. The van der Waals surface area contributed by atoms with Crippen LogP contribution in [0.4, 0.5) is 15.8 Å². The van der Waals surface area contributed by atoms with E-state index >= 15 is 0 Å². The molecule has 0 saturated heterocycles. The highest BCUT2D eigenvalue weighted by Gasteiger charge is 2.05. The fourth-order valence-corrected chi connectivity index (χ4v) is 2.02. The number of hydrogen-bond acceptors (Lipinski definition) is 4. The third-order valence-corrected chi connectivity index (χ3v) is 3.09. The van der Waals surface area contributed by atoms with E-state index in [2.05, 4.69) is 10.3 Å². The normalized spacial score (nSPS) is 10.5. The first-order chi connectivity index (χ1) is 8.06. The van der Waals surface area contributed by atoms with E-state index < -0.39 is 0 Å². The van der Waals surface area contributed by atoms with Crippen LogP contribution in [0.25, 0.3) is 0 Å². The number of nitrogens with two attached hydrogens (primary N) is 1. The predicted molar refractivity (Wildman–Crippen MR) is 67.8 cm³/mol. The van der Waals surface area contributed by atoms with Gasteiger partial charge in [-0.05, 0) is 24.6 Å². The summed E-state index contributed by atoms with van der Waals surface area (Å²) in [4.78, 5) is 13.5. The number of anilines is 2. The molecule has 4 nitrogen and oxygen atoms in total. The number of aryl methyl sites for hydroxylation is 1. The Balaban J connectivity index is 2.14. The van der Waals surface area contributed by atoms with Crippen molar-refractivity contribution in [1.82, 2.24) is 4.98 Å². The van der Waals surface area contributed by atoms with E-state index in [9.17, 15) is 9.18 Å². The minimum Gasteiger partial charge on any atom is -0.397 e. The lowest BCUT2D eigenvalue weighted by atomic mass is 10.2. The van der Waals surface area contributed by atoms with Crippen molar-refractivity contribution in [3.05, 3.63) is 44.3 Å². The molecule has 0 aliphatic rings. The van der Waals surface area contributed by atoms with Crippen LogP contribution in [-0.2, 0) is 6.54 Å². The lowest BCUT2D eigenvalue weighted by Crippen LogP contribution is -2.05. The average molecular weight is 253 g/mol. The summed E-state index contributed by atoms with van der Waals surface area (Å²) in [5, 5.41) is 4.79. The van der Waals surface area contributed by atoms with Crippen molar-refractivity contribution in [2.45, 2.75) is 13.5 Å². The number of aromatic amines is 1. The summed E-state index contributed by atoms with van der Waals surface area (Å²) in [7, 11) is 0. The van der Waals surface area contributed by atoms with Crippen molar-refractivity contribution in [3.63, 3.8) is 0 Å². The topological polar surface area (TPSA) is 70.9 Å². The van der Waals surface area contributed by atoms with Gasteiger partial charge in [0.1, 0.15) is 5.82 Å². The highest BCUT2D eigenvalue weighted by Crippen LogP contribution is 2.22. The summed E-state index contributed by atoms with van der Waals surface area (Å²) in [5.41, 5.74) is 8.01. The van der Waals surface area contributed by atoms with Gasteiger partial charge >= 0.3 is 4.87 Å². The quantitative estimate of drug-likeness (QED) is 0.733. The molecule has 0 spiro atoms. The molecule has 90 valence electrons. The van der Waals surface area contributed by atoms with Gasteiger partial charge in [0.2, 0.25) is 0 Å². The van der Waals surface area contributed by atoms with Crippen molar-refractivity contribution in [2.24, 2.45) is 0 Å². The van der Waals surface area contributed by atoms with Crippen molar-refractivity contribution in [1.29, 1.82) is 0 Å². The van der Waals surface area contributed by atoms with Gasteiger partial charge in [0.05, 0.1) is 17.9 Å². The van der Waals surface area contributed by atoms with Gasteiger partial charge in [-0.2, -0.15) is 0 Å². The van der Waals surface area contributed by atoms with Crippen molar-refractivity contribution in [2.75, 3.05) is 11.1 Å². The molecule has 0 fully saturated rings. The number of thiazole rings is 1. The number of rotatable bonds is 3. The maximum atomic E-state index is 13.2. The molecule has 0 aliphatic heterocycles. The Kier molecular flexibility index (Phi) is 3.14. The first-order valence-electron chi connectivity index (χ1n) is 5.02. The monoisotopic (exact) mass is 253 g/mol. The van der Waals surface area contributed by atoms with Crippen molar-refractivity contribution in [3.8, 4) is 0 Å². The Hall–Kier alpha value is -1.82. The molecule has 2 aromatic rings. The van der Waals surface area contributed by atoms with Crippen LogP contribution in [0.3, 0.4) is 0 Å². The van der Waals surface area contributed by atoms with E-state index in [1.165, 1.54) is 6.07 Å². The molecule has 0 aliphatic carbocycles. The van der Waals surface area contributed by atoms with Crippen LogP contribution in [0.15, 0.2) is 22.3 Å². The Bertz CT molecular complexity index is 591. The molecule has 1 aromatic heterocycles. The molecular formula is C11H12FN3OS. The van der Waals surface area contributed by atoms with Crippen LogP contribution in [0.1, 0.15) is 11.3 Å². The zero-order valence-electron chi connectivity index (χ0n) is 9.21. The highest BCUT2D eigenvalue weighted by molar-refractivity contribution is 7.07. The average Bonchev–Trinajstić information content (AvgIpc) is 2.68. The number of hydrogen-bond donors (Lipinski definition) is 3. The van der Waals surface area contributed by atoms with E-state index in [4.69, 9.17) is 5.73 Å². The van der Waals surface area contributed by atoms with Crippen LogP contribution in [0.2, 0.25) is 0 Å². The maximum absolute atomic E-state index is 13.2. The summed E-state index contributed by atoms with van der Waals surface area (Å²) in [6.07, 6.45) is 0. The molecule has 0 amide bonds. The summed E-state index contributed by atoms with van der Waals surface area (Å²) in [6.45, 7) is 2.13. The van der Waals surface area contributed by atoms with Crippen LogP contribution >= 0.6 is 11.3 Å². The predicted octanol–water partition coefficient (Wildman–Crippen LogP) is 2.08. The maximum Gasteiger partial charge on any atom is 0.304 e. The second-order valence-electron chi connectivity index (χ2n) is 3.72. The van der Waals surface area contributed by atoms with Gasteiger partial charge in [-0.25, -0.2) is 4.39 Å². The largest absolute Gasteiger partial charge is 0.397 e. The number of H-pyrrole nitrogens is 1. The number of nitrogens with one attached hydrogen (secondary N) is 2. The summed E-state index contributed by atoms with van der Waals surface area (Å²) < 4.78 is 13.2. The number of aromatic nitrogens is 1. The molecule has 1 aromatic carbocycles. The third-order valence-electron chi connectivity index (χ3n) is 2.37.